The molecule has 0 aliphatic carbocycles. The van der Waals surface area contributed by atoms with Crippen molar-refractivity contribution in [2.45, 2.75) is 31.8 Å². The van der Waals surface area contributed by atoms with Crippen LogP contribution >= 0.6 is 0 Å². The molecule has 1 aliphatic heterocycles. The third-order valence-corrected chi connectivity index (χ3v) is 7.06. The maximum Gasteiger partial charge on any atom is 0.200 e. The summed E-state index contributed by atoms with van der Waals surface area (Å²) in [5, 5.41) is 11.5. The highest BCUT2D eigenvalue weighted by Crippen LogP contribution is 2.40. The Bertz CT molecular complexity index is 1470. The van der Waals surface area contributed by atoms with E-state index < -0.39 is 0 Å². The van der Waals surface area contributed by atoms with Gasteiger partial charge in [-0.3, -0.25) is 14.7 Å². The highest BCUT2D eigenvalue weighted by atomic mass is 16.5. The topological polar surface area (TPSA) is 94.3 Å². The Balaban J connectivity index is 1.61. The summed E-state index contributed by atoms with van der Waals surface area (Å²) in [5.74, 6) is 1.28. The molecule has 4 aromatic rings. The smallest absolute Gasteiger partial charge is 0.200 e. The highest BCUT2D eigenvalue weighted by Gasteiger charge is 2.28. The lowest BCUT2D eigenvalue weighted by atomic mass is 9.95. The first-order valence-corrected chi connectivity index (χ1v) is 12.3. The third kappa shape index (κ3) is 4.60. The molecule has 0 bridgehead atoms. The van der Waals surface area contributed by atoms with Gasteiger partial charge in [-0.2, -0.15) is 0 Å². The van der Waals surface area contributed by atoms with E-state index in [0.717, 1.165) is 31.4 Å². The zero-order chi connectivity index (χ0) is 25.9. The van der Waals surface area contributed by atoms with Crippen molar-refractivity contribution < 1.29 is 23.7 Å². The minimum absolute atomic E-state index is 0.0208. The van der Waals surface area contributed by atoms with E-state index in [1.807, 2.05) is 12.3 Å². The average molecular weight is 503 g/mol. The number of phenols is 1. The molecular formula is C29H30N2O6. The Morgan fingerprint density at radius 2 is 1.86 bits per heavy atom. The van der Waals surface area contributed by atoms with Crippen molar-refractivity contribution in [3.63, 3.8) is 0 Å². The van der Waals surface area contributed by atoms with Gasteiger partial charge in [0.25, 0.3) is 0 Å². The summed E-state index contributed by atoms with van der Waals surface area (Å²) < 4.78 is 22.3. The maximum absolute atomic E-state index is 13.7. The van der Waals surface area contributed by atoms with E-state index in [1.54, 1.807) is 44.7 Å². The Morgan fingerprint density at radius 1 is 1.05 bits per heavy atom. The number of pyridine rings is 1. The molecule has 192 valence electrons. The molecule has 0 radical (unpaired) electrons. The lowest BCUT2D eigenvalue weighted by molar-refractivity contribution is 0.139. The van der Waals surface area contributed by atoms with E-state index in [2.05, 4.69) is 16.0 Å². The quantitative estimate of drug-likeness (QED) is 0.363. The first-order chi connectivity index (χ1) is 18.0. The fraction of sp³-hybridized carbons (Fsp3) is 0.310. The van der Waals surface area contributed by atoms with Gasteiger partial charge in [0.1, 0.15) is 11.8 Å². The number of phenolic OH excluding ortho intramolecular Hbond substituents is 1. The van der Waals surface area contributed by atoms with Crippen molar-refractivity contribution >= 4 is 11.0 Å². The fourth-order valence-electron chi connectivity index (χ4n) is 5.14. The van der Waals surface area contributed by atoms with Crippen LogP contribution < -0.4 is 19.6 Å². The van der Waals surface area contributed by atoms with Crippen LogP contribution in [0.5, 0.6) is 23.0 Å². The van der Waals surface area contributed by atoms with Gasteiger partial charge >= 0.3 is 0 Å². The number of ether oxygens (including phenoxy) is 3. The number of fused-ring (bicyclic) bond motifs is 1. The first-order valence-electron chi connectivity index (χ1n) is 12.3. The third-order valence-electron chi connectivity index (χ3n) is 7.06. The summed E-state index contributed by atoms with van der Waals surface area (Å²) >= 11 is 0. The molecule has 1 N–H and O–H groups in total. The molecule has 1 fully saturated rings. The molecule has 0 unspecified atom stereocenters. The summed E-state index contributed by atoms with van der Waals surface area (Å²) in [7, 11) is 4.58. The molecule has 1 atom stereocenters. The van der Waals surface area contributed by atoms with Crippen LogP contribution in [0.1, 0.15) is 36.4 Å². The molecule has 0 saturated carbocycles. The van der Waals surface area contributed by atoms with E-state index >= 15 is 0 Å². The molecule has 1 saturated heterocycles. The van der Waals surface area contributed by atoms with E-state index in [-0.39, 0.29) is 23.0 Å². The average Bonchev–Trinajstić information content (AvgIpc) is 2.95. The second kappa shape index (κ2) is 10.5. The molecule has 8 heteroatoms. The van der Waals surface area contributed by atoms with Crippen molar-refractivity contribution in [2.75, 3.05) is 27.9 Å². The van der Waals surface area contributed by atoms with Gasteiger partial charge in [-0.15, -0.1) is 0 Å². The number of likely N-dealkylation sites (tertiary alicyclic amines) is 1. The van der Waals surface area contributed by atoms with Crippen LogP contribution in [0.4, 0.5) is 0 Å². The number of benzene rings is 2. The summed E-state index contributed by atoms with van der Waals surface area (Å²) in [5.41, 5.74) is 2.79. The number of piperidine rings is 1. The van der Waals surface area contributed by atoms with Crippen molar-refractivity contribution in [3.05, 3.63) is 76.4 Å². The van der Waals surface area contributed by atoms with Gasteiger partial charge in [0.15, 0.2) is 23.0 Å². The van der Waals surface area contributed by atoms with Crippen LogP contribution in [-0.2, 0) is 6.54 Å². The van der Waals surface area contributed by atoms with Crippen molar-refractivity contribution in [2.24, 2.45) is 0 Å². The largest absolute Gasteiger partial charge is 0.504 e. The van der Waals surface area contributed by atoms with Crippen LogP contribution in [0.3, 0.4) is 0 Å². The molecule has 0 amide bonds. The predicted molar refractivity (Wildman–Crippen MR) is 140 cm³/mol. The number of aromatic nitrogens is 1. The van der Waals surface area contributed by atoms with E-state index in [1.165, 1.54) is 13.4 Å². The first kappa shape index (κ1) is 24.6. The lowest BCUT2D eigenvalue weighted by Crippen LogP contribution is -2.33. The molecule has 5 rings (SSSR count). The van der Waals surface area contributed by atoms with Crippen LogP contribution in [0, 0.1) is 0 Å². The fourth-order valence-corrected chi connectivity index (χ4v) is 5.14. The normalized spacial score (nSPS) is 16.0. The number of rotatable bonds is 7. The molecule has 3 heterocycles. The van der Waals surface area contributed by atoms with Gasteiger partial charge in [0.05, 0.1) is 37.8 Å². The lowest BCUT2D eigenvalue weighted by Gasteiger charge is -2.36. The standard InChI is InChI=1S/C29H30N2O6/c1-34-24-10-9-18(13-25(24)35-2)22-17-37-29-20(27(22)32)14-26(36-3)28(33)21(29)16-31-12-5-4-8-23(31)19-7-6-11-30-15-19/h6-7,9-11,13-15,17,23,33H,4-5,8,12,16H2,1-3H3/t23-/m0/s1. The number of nitrogens with zero attached hydrogens (tertiary/aromatic N) is 2. The number of aromatic hydroxyl groups is 1. The number of hydrogen-bond donors (Lipinski definition) is 1. The van der Waals surface area contributed by atoms with E-state index in [4.69, 9.17) is 18.6 Å². The van der Waals surface area contributed by atoms with Crippen LogP contribution in [-0.4, -0.2) is 42.9 Å². The zero-order valence-electron chi connectivity index (χ0n) is 21.2. The Kier molecular flexibility index (Phi) is 7.01. The van der Waals surface area contributed by atoms with Gasteiger partial charge in [0.2, 0.25) is 5.43 Å². The molecule has 1 aliphatic rings. The monoisotopic (exact) mass is 502 g/mol. The molecular weight excluding hydrogens is 472 g/mol. The van der Waals surface area contributed by atoms with Gasteiger partial charge in [-0.25, -0.2) is 0 Å². The maximum atomic E-state index is 13.7. The predicted octanol–water partition coefficient (Wildman–Crippen LogP) is 5.31. The summed E-state index contributed by atoms with van der Waals surface area (Å²) in [6.45, 7) is 1.25. The van der Waals surface area contributed by atoms with Gasteiger partial charge < -0.3 is 23.7 Å². The van der Waals surface area contributed by atoms with Gasteiger partial charge in [-0.1, -0.05) is 18.6 Å². The summed E-state index contributed by atoms with van der Waals surface area (Å²) in [4.78, 5) is 20.3. The molecule has 37 heavy (non-hydrogen) atoms. The van der Waals surface area contributed by atoms with Crippen LogP contribution in [0.25, 0.3) is 22.1 Å². The van der Waals surface area contributed by atoms with Crippen molar-refractivity contribution in [1.82, 2.24) is 9.88 Å². The zero-order valence-corrected chi connectivity index (χ0v) is 21.2. The van der Waals surface area contributed by atoms with Gasteiger partial charge in [-0.05, 0) is 54.8 Å². The highest BCUT2D eigenvalue weighted by molar-refractivity contribution is 5.88. The number of methoxy groups -OCH3 is 3. The Morgan fingerprint density at radius 3 is 2.59 bits per heavy atom. The van der Waals surface area contributed by atoms with Crippen molar-refractivity contribution in [1.29, 1.82) is 0 Å². The number of hydrogen-bond acceptors (Lipinski definition) is 8. The molecule has 2 aromatic heterocycles. The molecule has 0 spiro atoms. The Hall–Kier alpha value is -4.04. The molecule has 2 aromatic carbocycles. The second-order valence-corrected chi connectivity index (χ2v) is 9.10. The van der Waals surface area contributed by atoms with E-state index in [9.17, 15) is 9.90 Å². The summed E-state index contributed by atoms with van der Waals surface area (Å²) in [6, 6.07) is 11.0. The van der Waals surface area contributed by atoms with Crippen molar-refractivity contribution in [3.8, 4) is 34.1 Å². The van der Waals surface area contributed by atoms with Crippen LogP contribution in [0.15, 0.2) is 64.3 Å². The SMILES string of the molecule is COc1ccc(-c2coc3c(CN4CCCC[C@H]4c4cccnc4)c(O)c(OC)cc3c2=O)cc1OC. The Labute approximate surface area is 215 Å². The van der Waals surface area contributed by atoms with Crippen LogP contribution in [0.2, 0.25) is 0 Å². The summed E-state index contributed by atoms with van der Waals surface area (Å²) in [6.07, 6.45) is 8.25. The van der Waals surface area contributed by atoms with E-state index in [0.29, 0.717) is 45.7 Å². The molecule has 8 nitrogen and oxygen atoms in total. The minimum Gasteiger partial charge on any atom is -0.504 e. The van der Waals surface area contributed by atoms with Gasteiger partial charge in [0, 0.05) is 25.0 Å². The minimum atomic E-state index is -0.226. The second-order valence-electron chi connectivity index (χ2n) is 9.10.